The van der Waals surface area contributed by atoms with E-state index in [1.54, 1.807) is 0 Å². The number of hydrogen-bond donors (Lipinski definition) is 2. The fraction of sp³-hybridized carbons (Fsp3) is 0.238. The maximum absolute atomic E-state index is 5.47. The first-order chi connectivity index (χ1) is 12.8. The molecule has 132 valence electrons. The SMILES string of the molecule is CCCOCCNc1ccc(-c2ccc3c(c2)[nH]c2ccncc23)cn1. The number of fused-ring (bicyclic) bond motifs is 3. The maximum atomic E-state index is 5.47. The fourth-order valence-corrected chi connectivity index (χ4v) is 3.09. The molecule has 0 fully saturated rings. The third kappa shape index (κ3) is 3.39. The number of aromatic nitrogens is 3. The average Bonchev–Trinajstić information content (AvgIpc) is 3.06. The molecular weight excluding hydrogens is 324 g/mol. The van der Waals surface area contributed by atoms with Crippen LogP contribution in [0.5, 0.6) is 0 Å². The topological polar surface area (TPSA) is 62.8 Å². The fourth-order valence-electron chi connectivity index (χ4n) is 3.09. The number of pyridine rings is 2. The minimum Gasteiger partial charge on any atom is -0.380 e. The largest absolute Gasteiger partial charge is 0.380 e. The summed E-state index contributed by atoms with van der Waals surface area (Å²) in [5, 5.41) is 5.62. The quantitative estimate of drug-likeness (QED) is 0.479. The van der Waals surface area contributed by atoms with Gasteiger partial charge in [0.15, 0.2) is 0 Å². The molecule has 0 spiro atoms. The second kappa shape index (κ2) is 7.54. The Hall–Kier alpha value is -2.92. The van der Waals surface area contributed by atoms with Crippen molar-refractivity contribution in [2.75, 3.05) is 25.1 Å². The average molecular weight is 346 g/mol. The second-order valence-corrected chi connectivity index (χ2v) is 6.28. The van der Waals surface area contributed by atoms with Crippen LogP contribution in [0.3, 0.4) is 0 Å². The predicted octanol–water partition coefficient (Wildman–Crippen LogP) is 4.62. The first kappa shape index (κ1) is 16.5. The van der Waals surface area contributed by atoms with Gasteiger partial charge < -0.3 is 15.0 Å². The summed E-state index contributed by atoms with van der Waals surface area (Å²) in [5.74, 6) is 0.867. The van der Waals surface area contributed by atoms with Gasteiger partial charge in [-0.3, -0.25) is 4.98 Å². The van der Waals surface area contributed by atoms with Crippen molar-refractivity contribution in [2.24, 2.45) is 0 Å². The van der Waals surface area contributed by atoms with Gasteiger partial charge in [0.25, 0.3) is 0 Å². The Morgan fingerprint density at radius 2 is 1.88 bits per heavy atom. The number of rotatable bonds is 7. The van der Waals surface area contributed by atoms with E-state index in [4.69, 9.17) is 4.74 Å². The van der Waals surface area contributed by atoms with Crippen molar-refractivity contribution in [3.05, 3.63) is 55.0 Å². The highest BCUT2D eigenvalue weighted by molar-refractivity contribution is 6.07. The van der Waals surface area contributed by atoms with E-state index in [2.05, 4.69) is 51.5 Å². The van der Waals surface area contributed by atoms with Gasteiger partial charge in [-0.2, -0.15) is 0 Å². The molecule has 0 unspecified atom stereocenters. The molecule has 0 saturated heterocycles. The van der Waals surface area contributed by atoms with Crippen LogP contribution < -0.4 is 5.32 Å². The molecule has 0 amide bonds. The molecule has 0 atom stereocenters. The van der Waals surface area contributed by atoms with Crippen LogP contribution in [0.2, 0.25) is 0 Å². The molecule has 0 saturated carbocycles. The standard InChI is InChI=1S/C21H22N4O/c1-2-10-26-11-9-23-21-6-4-16(13-24-21)15-3-5-17-18-14-22-8-7-19(18)25-20(17)12-15/h3-8,12-14,25H,2,9-11H2,1H3,(H,23,24). The molecule has 0 aliphatic rings. The van der Waals surface area contributed by atoms with Crippen LogP contribution in [-0.4, -0.2) is 34.7 Å². The number of anilines is 1. The Morgan fingerprint density at radius 1 is 0.962 bits per heavy atom. The highest BCUT2D eigenvalue weighted by atomic mass is 16.5. The lowest BCUT2D eigenvalue weighted by Crippen LogP contribution is -2.10. The minimum absolute atomic E-state index is 0.698. The van der Waals surface area contributed by atoms with Gasteiger partial charge in [-0.05, 0) is 36.2 Å². The monoisotopic (exact) mass is 346 g/mol. The Balaban J connectivity index is 1.51. The number of ether oxygens (including phenoxy) is 1. The van der Waals surface area contributed by atoms with E-state index in [1.807, 2.05) is 30.7 Å². The molecule has 4 rings (SSSR count). The number of H-pyrrole nitrogens is 1. The third-order valence-corrected chi connectivity index (χ3v) is 4.40. The highest BCUT2D eigenvalue weighted by Crippen LogP contribution is 2.29. The van der Waals surface area contributed by atoms with Gasteiger partial charge in [-0.15, -0.1) is 0 Å². The molecule has 3 aromatic heterocycles. The summed E-state index contributed by atoms with van der Waals surface area (Å²) >= 11 is 0. The first-order valence-corrected chi connectivity index (χ1v) is 8.98. The molecule has 5 heteroatoms. The molecule has 5 nitrogen and oxygen atoms in total. The highest BCUT2D eigenvalue weighted by Gasteiger charge is 2.06. The van der Waals surface area contributed by atoms with Crippen LogP contribution in [0, 0.1) is 0 Å². The second-order valence-electron chi connectivity index (χ2n) is 6.28. The van der Waals surface area contributed by atoms with E-state index >= 15 is 0 Å². The van der Waals surface area contributed by atoms with E-state index in [-0.39, 0.29) is 0 Å². The van der Waals surface area contributed by atoms with E-state index in [1.165, 1.54) is 5.39 Å². The zero-order valence-corrected chi connectivity index (χ0v) is 14.8. The van der Waals surface area contributed by atoms with Crippen molar-refractivity contribution in [3.8, 4) is 11.1 Å². The minimum atomic E-state index is 0.698. The zero-order valence-electron chi connectivity index (χ0n) is 14.8. The molecular formula is C21H22N4O. The molecule has 26 heavy (non-hydrogen) atoms. The molecule has 1 aromatic carbocycles. The number of nitrogens with zero attached hydrogens (tertiary/aromatic N) is 2. The molecule has 0 aliphatic heterocycles. The van der Waals surface area contributed by atoms with Crippen molar-refractivity contribution in [2.45, 2.75) is 13.3 Å². The van der Waals surface area contributed by atoms with Crippen LogP contribution in [0.25, 0.3) is 32.9 Å². The molecule has 0 bridgehead atoms. The van der Waals surface area contributed by atoms with Crippen molar-refractivity contribution in [3.63, 3.8) is 0 Å². The van der Waals surface area contributed by atoms with E-state index in [0.29, 0.717) is 6.61 Å². The van der Waals surface area contributed by atoms with Gasteiger partial charge in [0.1, 0.15) is 5.82 Å². The Kier molecular flexibility index (Phi) is 4.80. The third-order valence-electron chi connectivity index (χ3n) is 4.40. The summed E-state index contributed by atoms with van der Waals surface area (Å²) < 4.78 is 5.47. The van der Waals surface area contributed by atoms with Gasteiger partial charge in [-0.1, -0.05) is 19.1 Å². The van der Waals surface area contributed by atoms with Crippen LogP contribution in [0.15, 0.2) is 55.0 Å². The maximum Gasteiger partial charge on any atom is 0.125 e. The Labute approximate surface area is 152 Å². The van der Waals surface area contributed by atoms with E-state index in [9.17, 15) is 0 Å². The van der Waals surface area contributed by atoms with E-state index in [0.717, 1.165) is 52.9 Å². The van der Waals surface area contributed by atoms with Crippen molar-refractivity contribution in [1.29, 1.82) is 0 Å². The smallest absolute Gasteiger partial charge is 0.125 e. The van der Waals surface area contributed by atoms with Gasteiger partial charge in [0.2, 0.25) is 0 Å². The van der Waals surface area contributed by atoms with E-state index < -0.39 is 0 Å². The summed E-state index contributed by atoms with van der Waals surface area (Å²) in [7, 11) is 0. The van der Waals surface area contributed by atoms with Crippen molar-refractivity contribution < 1.29 is 4.74 Å². The molecule has 3 heterocycles. The zero-order chi connectivity index (χ0) is 17.8. The Morgan fingerprint density at radius 3 is 2.73 bits per heavy atom. The summed E-state index contributed by atoms with van der Waals surface area (Å²) in [6.07, 6.45) is 6.66. The van der Waals surface area contributed by atoms with Gasteiger partial charge >= 0.3 is 0 Å². The summed E-state index contributed by atoms with van der Waals surface area (Å²) in [6, 6.07) is 12.5. The van der Waals surface area contributed by atoms with Crippen LogP contribution in [-0.2, 0) is 4.74 Å². The van der Waals surface area contributed by atoms with Crippen molar-refractivity contribution in [1.82, 2.24) is 15.0 Å². The molecule has 0 radical (unpaired) electrons. The van der Waals surface area contributed by atoms with Crippen LogP contribution >= 0.6 is 0 Å². The number of aromatic amines is 1. The number of benzene rings is 1. The lowest BCUT2D eigenvalue weighted by Gasteiger charge is -2.07. The molecule has 2 N–H and O–H groups in total. The molecule has 0 aliphatic carbocycles. The summed E-state index contributed by atoms with van der Waals surface area (Å²) in [5.41, 5.74) is 4.45. The normalized spacial score (nSPS) is 11.3. The van der Waals surface area contributed by atoms with Crippen LogP contribution in [0.1, 0.15) is 13.3 Å². The van der Waals surface area contributed by atoms with Gasteiger partial charge in [-0.25, -0.2) is 4.98 Å². The summed E-state index contributed by atoms with van der Waals surface area (Å²) in [4.78, 5) is 12.2. The first-order valence-electron chi connectivity index (χ1n) is 8.98. The molecule has 4 aromatic rings. The van der Waals surface area contributed by atoms with Gasteiger partial charge in [0.05, 0.1) is 6.61 Å². The Bertz CT molecular complexity index is 1010. The lowest BCUT2D eigenvalue weighted by molar-refractivity contribution is 0.144. The van der Waals surface area contributed by atoms with Crippen LogP contribution in [0.4, 0.5) is 5.82 Å². The van der Waals surface area contributed by atoms with Crippen molar-refractivity contribution >= 4 is 27.6 Å². The number of hydrogen-bond acceptors (Lipinski definition) is 4. The number of nitrogens with one attached hydrogen (secondary N) is 2. The predicted molar refractivity (Wildman–Crippen MR) is 106 cm³/mol. The van der Waals surface area contributed by atoms with Gasteiger partial charge in [0, 0.05) is 59.1 Å². The summed E-state index contributed by atoms with van der Waals surface area (Å²) in [6.45, 7) is 4.38. The lowest BCUT2D eigenvalue weighted by atomic mass is 10.1.